The van der Waals surface area contributed by atoms with Crippen molar-refractivity contribution in [2.75, 3.05) is 0 Å². The predicted octanol–water partition coefficient (Wildman–Crippen LogP) is 7.43. The molecule has 4 nitrogen and oxygen atoms in total. The molecule has 0 fully saturated rings. The number of rotatable bonds is 26. The minimum absolute atomic E-state index is 0. The molecule has 0 aromatic heterocycles. The smallest absolute Gasteiger partial charge is 0.744 e. The average molecular weight is 577 g/mol. The van der Waals surface area contributed by atoms with Crippen LogP contribution in [0.3, 0.4) is 0 Å². The van der Waals surface area contributed by atoms with Crippen LogP contribution in [-0.4, -0.2) is 19.1 Å². The molecule has 1 aromatic carbocycles. The Kier molecular flexibility index (Phi) is 26.2. The largest absolute Gasteiger partial charge is 1.00 e. The Morgan fingerprint density at radius 3 is 1.56 bits per heavy atom. The second-order valence-electron chi connectivity index (χ2n) is 10.7. The number of alkyl halides is 1. The molecule has 1 atom stereocenters. The second-order valence-corrected chi connectivity index (χ2v) is 12.1. The number of unbranched alkanes of at least 4 members (excludes halogenated alkanes) is 18. The number of hydrogen-bond acceptors (Lipinski definition) is 4. The molecule has 0 saturated heterocycles. The van der Waals surface area contributed by atoms with Gasteiger partial charge in [0.05, 0.1) is 11.2 Å². The van der Waals surface area contributed by atoms with Crippen molar-refractivity contribution in [3.8, 4) is 5.75 Å². The molecule has 0 radical (unpaired) electrons. The molecule has 0 spiro atoms. The number of hydrogen-bond donors (Lipinski definition) is 0. The first-order valence-electron chi connectivity index (χ1n) is 15.4. The van der Waals surface area contributed by atoms with E-state index in [1.54, 1.807) is 6.26 Å². The summed E-state index contributed by atoms with van der Waals surface area (Å²) in [4.78, 5) is -0.265. The minimum atomic E-state index is -4.43. The summed E-state index contributed by atoms with van der Waals surface area (Å²) in [5.41, 5.74) is 0. The molecule has 0 aliphatic rings. The van der Waals surface area contributed by atoms with Crippen molar-refractivity contribution in [1.29, 1.82) is 0 Å². The van der Waals surface area contributed by atoms with Gasteiger partial charge in [-0.05, 0) is 56.0 Å². The van der Waals surface area contributed by atoms with Gasteiger partial charge in [0.15, 0.2) is 0 Å². The Bertz CT molecular complexity index is 799. The molecule has 0 saturated carbocycles. The van der Waals surface area contributed by atoms with E-state index in [0.717, 1.165) is 44.9 Å². The molecular formula is C32H54FNaO4S. The number of halogens is 1. The molecule has 0 heterocycles. The monoisotopic (exact) mass is 576 g/mol. The summed E-state index contributed by atoms with van der Waals surface area (Å²) in [6.45, 7) is 2.27. The van der Waals surface area contributed by atoms with Gasteiger partial charge < -0.3 is 9.29 Å². The summed E-state index contributed by atoms with van der Waals surface area (Å²) in [5, 5.41) is 0. The van der Waals surface area contributed by atoms with Gasteiger partial charge in [-0.25, -0.2) is 12.8 Å². The van der Waals surface area contributed by atoms with E-state index in [1.807, 2.05) is 6.08 Å². The van der Waals surface area contributed by atoms with Crippen LogP contribution in [0, 0.1) is 0 Å². The molecule has 0 amide bonds. The molecule has 1 rings (SSSR count). The van der Waals surface area contributed by atoms with E-state index >= 15 is 0 Å². The van der Waals surface area contributed by atoms with Crippen LogP contribution in [-0.2, 0) is 10.1 Å². The zero-order chi connectivity index (χ0) is 27.7. The molecule has 0 aliphatic heterocycles. The summed E-state index contributed by atoms with van der Waals surface area (Å²) in [7, 11) is -4.43. The summed E-state index contributed by atoms with van der Waals surface area (Å²) in [6, 6.07) is 5.40. The van der Waals surface area contributed by atoms with Crippen molar-refractivity contribution in [3.63, 3.8) is 0 Å². The Balaban J connectivity index is 0.0000144. The van der Waals surface area contributed by atoms with Gasteiger partial charge >= 0.3 is 29.6 Å². The van der Waals surface area contributed by atoms with E-state index in [1.165, 1.54) is 114 Å². The van der Waals surface area contributed by atoms with Gasteiger partial charge in [0.25, 0.3) is 0 Å². The molecule has 0 aliphatic carbocycles. The standard InChI is InChI=1S/C32H55FO4S.Na/c1-2-3-4-5-6-7-8-9-10-11-12-13-14-17-20-23-30(33)24-21-18-15-16-19-22-29-37-31-25-27-32(28-26-31)38(34,35)36;/h22,25-30H,2-21,23-24H2,1H3,(H,34,35,36);/q;+1/p-1. The van der Waals surface area contributed by atoms with Gasteiger partial charge in [0.1, 0.15) is 22.0 Å². The first-order valence-corrected chi connectivity index (χ1v) is 16.9. The van der Waals surface area contributed by atoms with E-state index in [2.05, 4.69) is 6.92 Å². The van der Waals surface area contributed by atoms with Gasteiger partial charge in [-0.2, -0.15) is 0 Å². The summed E-state index contributed by atoms with van der Waals surface area (Å²) in [5.74, 6) is 0.483. The molecule has 0 N–H and O–H groups in total. The van der Waals surface area contributed by atoms with Crippen molar-refractivity contribution >= 4 is 10.1 Å². The van der Waals surface area contributed by atoms with Crippen LogP contribution in [0.15, 0.2) is 41.5 Å². The Labute approximate surface area is 262 Å². The quantitative estimate of drug-likeness (QED) is 0.0498. The van der Waals surface area contributed by atoms with Gasteiger partial charge in [-0.1, -0.05) is 122 Å². The Morgan fingerprint density at radius 1 is 0.718 bits per heavy atom. The van der Waals surface area contributed by atoms with Crippen molar-refractivity contribution in [1.82, 2.24) is 0 Å². The van der Waals surface area contributed by atoms with Crippen LogP contribution >= 0.6 is 0 Å². The zero-order valence-electron chi connectivity index (χ0n) is 25.0. The minimum Gasteiger partial charge on any atom is -0.744 e. The van der Waals surface area contributed by atoms with Crippen LogP contribution in [0.2, 0.25) is 0 Å². The molecular weight excluding hydrogens is 522 g/mol. The summed E-state index contributed by atoms with van der Waals surface area (Å²) >= 11 is 0. The maximum atomic E-state index is 14.1. The van der Waals surface area contributed by atoms with Gasteiger partial charge in [-0.3, -0.25) is 0 Å². The first kappa shape index (κ1) is 38.6. The van der Waals surface area contributed by atoms with Gasteiger partial charge in [0.2, 0.25) is 0 Å². The van der Waals surface area contributed by atoms with Crippen LogP contribution in [0.25, 0.3) is 0 Å². The molecule has 0 bridgehead atoms. The zero-order valence-corrected chi connectivity index (χ0v) is 27.8. The van der Waals surface area contributed by atoms with Crippen molar-refractivity contribution in [2.24, 2.45) is 0 Å². The third kappa shape index (κ3) is 24.0. The van der Waals surface area contributed by atoms with Gasteiger partial charge in [-0.15, -0.1) is 0 Å². The molecule has 220 valence electrons. The summed E-state index contributed by atoms with van der Waals surface area (Å²) in [6.07, 6.45) is 29.4. The molecule has 7 heteroatoms. The third-order valence-corrected chi connectivity index (χ3v) is 8.02. The van der Waals surface area contributed by atoms with Crippen LogP contribution in [0.5, 0.6) is 5.75 Å². The number of ether oxygens (including phenoxy) is 1. The van der Waals surface area contributed by atoms with Crippen LogP contribution in [0.1, 0.15) is 148 Å². The first-order chi connectivity index (χ1) is 18.4. The second kappa shape index (κ2) is 26.5. The van der Waals surface area contributed by atoms with E-state index in [9.17, 15) is 17.4 Å². The molecule has 39 heavy (non-hydrogen) atoms. The molecule has 1 aromatic rings. The topological polar surface area (TPSA) is 66.4 Å². The van der Waals surface area contributed by atoms with E-state index in [-0.39, 0.29) is 34.5 Å². The predicted molar refractivity (Wildman–Crippen MR) is 156 cm³/mol. The Hall–Kier alpha value is -0.400. The van der Waals surface area contributed by atoms with Crippen LogP contribution in [0.4, 0.5) is 4.39 Å². The fourth-order valence-corrected chi connectivity index (χ4v) is 5.21. The van der Waals surface area contributed by atoms with Crippen molar-refractivity contribution in [3.05, 3.63) is 36.6 Å². The van der Waals surface area contributed by atoms with E-state index in [0.29, 0.717) is 12.2 Å². The summed E-state index contributed by atoms with van der Waals surface area (Å²) < 4.78 is 52.3. The number of benzene rings is 1. The third-order valence-electron chi connectivity index (χ3n) is 7.17. The van der Waals surface area contributed by atoms with E-state index in [4.69, 9.17) is 4.74 Å². The average Bonchev–Trinajstić information content (AvgIpc) is 2.89. The number of allylic oxidation sites excluding steroid dienone is 1. The van der Waals surface area contributed by atoms with Crippen LogP contribution < -0.4 is 34.3 Å². The SMILES string of the molecule is CCCCCCCCCCCCCCCCCC(F)CCCCCCC=COc1ccc(S(=O)(=O)[O-])cc1.[Na+]. The van der Waals surface area contributed by atoms with Crippen molar-refractivity contribution in [2.45, 2.75) is 159 Å². The van der Waals surface area contributed by atoms with E-state index < -0.39 is 16.3 Å². The normalized spacial score (nSPS) is 12.5. The van der Waals surface area contributed by atoms with Crippen molar-refractivity contribution < 1.29 is 51.7 Å². The van der Waals surface area contributed by atoms with Gasteiger partial charge in [0, 0.05) is 0 Å². The maximum Gasteiger partial charge on any atom is 1.00 e. The fraction of sp³-hybridized carbons (Fsp3) is 0.750. The Morgan fingerprint density at radius 2 is 1.13 bits per heavy atom. The molecule has 1 unspecified atom stereocenters. The maximum absolute atomic E-state index is 14.1. The fourth-order valence-electron chi connectivity index (χ4n) is 4.74.